The number of furan rings is 1. The minimum absolute atomic E-state index is 0.0272. The van der Waals surface area contributed by atoms with Crippen LogP contribution in [0.4, 0.5) is 5.69 Å². The van der Waals surface area contributed by atoms with E-state index in [4.69, 9.17) is 9.15 Å². The zero-order chi connectivity index (χ0) is 18.4. The van der Waals surface area contributed by atoms with E-state index >= 15 is 0 Å². The van der Waals surface area contributed by atoms with Crippen LogP contribution in [0.5, 0.6) is 5.75 Å². The van der Waals surface area contributed by atoms with Crippen LogP contribution in [0.3, 0.4) is 0 Å². The Kier molecular flexibility index (Phi) is 6.35. The van der Waals surface area contributed by atoms with Gasteiger partial charge in [-0.2, -0.15) is 0 Å². The Hall–Kier alpha value is -2.25. The van der Waals surface area contributed by atoms with Crippen LogP contribution in [0.25, 0.3) is 10.8 Å². The molecule has 3 rings (SSSR count). The number of carbonyl (C=O) groups excluding carboxylic acids is 1. The van der Waals surface area contributed by atoms with Gasteiger partial charge < -0.3 is 14.5 Å². The number of hydrogen-bond donors (Lipinski definition) is 1. The number of thioether (sulfide) groups is 1. The van der Waals surface area contributed by atoms with Crippen molar-refractivity contribution in [2.24, 2.45) is 0 Å². The molecule has 2 aromatic heterocycles. The van der Waals surface area contributed by atoms with Crippen molar-refractivity contribution >= 4 is 34.7 Å². The number of nitrogens with zero attached hydrogens (tertiary/aromatic N) is 1. The van der Waals surface area contributed by atoms with Gasteiger partial charge in [0, 0.05) is 16.8 Å². The van der Waals surface area contributed by atoms with Gasteiger partial charge in [0.2, 0.25) is 5.91 Å². The maximum absolute atomic E-state index is 12.3. The second-order valence-corrected chi connectivity index (χ2v) is 7.71. The topological polar surface area (TPSA) is 64.4 Å². The smallest absolute Gasteiger partial charge is 0.237 e. The lowest BCUT2D eigenvalue weighted by molar-refractivity contribution is -0.115. The van der Waals surface area contributed by atoms with Crippen LogP contribution in [0.2, 0.25) is 0 Å². The van der Waals surface area contributed by atoms with Crippen LogP contribution >= 0.6 is 23.1 Å². The summed E-state index contributed by atoms with van der Waals surface area (Å²) in [5.41, 5.74) is 1.71. The molecule has 0 radical (unpaired) electrons. The first-order valence-corrected chi connectivity index (χ1v) is 10.2. The molecule has 0 spiro atoms. The fraction of sp³-hybridized carbons (Fsp3) is 0.263. The molecule has 0 saturated heterocycles. The number of carbonyl (C=O) groups is 1. The summed E-state index contributed by atoms with van der Waals surface area (Å²) in [7, 11) is 0. The van der Waals surface area contributed by atoms with E-state index in [1.54, 1.807) is 29.4 Å². The Balaban J connectivity index is 1.49. The van der Waals surface area contributed by atoms with E-state index < -0.39 is 0 Å². The van der Waals surface area contributed by atoms with Crippen LogP contribution < -0.4 is 10.1 Å². The molecule has 3 aromatic rings. The van der Waals surface area contributed by atoms with Crippen molar-refractivity contribution in [1.29, 1.82) is 0 Å². The number of nitrogens with one attached hydrogen (secondary N) is 1. The number of rotatable bonds is 8. The molecule has 0 aliphatic rings. The first kappa shape index (κ1) is 18.5. The van der Waals surface area contributed by atoms with Gasteiger partial charge in [0.25, 0.3) is 0 Å². The molecule has 1 atom stereocenters. The largest absolute Gasteiger partial charge is 0.494 e. The maximum Gasteiger partial charge on any atom is 0.237 e. The maximum atomic E-state index is 12.3. The lowest BCUT2D eigenvalue weighted by Crippen LogP contribution is -2.22. The average molecular weight is 389 g/mol. The van der Waals surface area contributed by atoms with Crippen molar-refractivity contribution in [3.8, 4) is 16.5 Å². The third-order valence-electron chi connectivity index (χ3n) is 3.57. The number of anilines is 1. The summed E-state index contributed by atoms with van der Waals surface area (Å²) in [6.45, 7) is 4.46. The highest BCUT2D eigenvalue weighted by Crippen LogP contribution is 2.27. The summed E-state index contributed by atoms with van der Waals surface area (Å²) in [6.07, 6.45) is 1.64. The Labute approximate surface area is 160 Å². The van der Waals surface area contributed by atoms with Gasteiger partial charge in [-0.1, -0.05) is 0 Å². The number of benzene rings is 1. The monoisotopic (exact) mass is 388 g/mol. The summed E-state index contributed by atoms with van der Waals surface area (Å²) in [4.78, 5) is 16.9. The molecule has 0 aliphatic carbocycles. The molecule has 26 heavy (non-hydrogen) atoms. The van der Waals surface area contributed by atoms with Crippen molar-refractivity contribution in [2.75, 3.05) is 11.9 Å². The molecule has 1 aromatic carbocycles. The van der Waals surface area contributed by atoms with Crippen molar-refractivity contribution in [3.05, 3.63) is 53.7 Å². The predicted molar refractivity (Wildman–Crippen MR) is 107 cm³/mol. The molecule has 1 amide bonds. The van der Waals surface area contributed by atoms with E-state index in [1.165, 1.54) is 0 Å². The Morgan fingerprint density at radius 3 is 2.85 bits per heavy atom. The number of thiazole rings is 1. The van der Waals surface area contributed by atoms with Crippen molar-refractivity contribution in [3.63, 3.8) is 0 Å². The third-order valence-corrected chi connectivity index (χ3v) is 5.65. The summed E-state index contributed by atoms with van der Waals surface area (Å²) in [5, 5.41) is 5.60. The molecule has 7 heteroatoms. The van der Waals surface area contributed by atoms with Crippen molar-refractivity contribution < 1.29 is 13.9 Å². The Morgan fingerprint density at radius 2 is 2.15 bits per heavy atom. The number of hydrogen-bond acceptors (Lipinski definition) is 6. The molecule has 0 aliphatic heterocycles. The lowest BCUT2D eigenvalue weighted by atomic mass is 10.3. The molecule has 136 valence electrons. The number of amides is 1. The zero-order valence-electron chi connectivity index (χ0n) is 14.6. The van der Waals surface area contributed by atoms with Gasteiger partial charge in [0.1, 0.15) is 5.75 Å². The quantitative estimate of drug-likeness (QED) is 0.584. The van der Waals surface area contributed by atoms with Gasteiger partial charge in [-0.15, -0.1) is 23.1 Å². The third kappa shape index (κ3) is 4.89. The van der Waals surface area contributed by atoms with Gasteiger partial charge in [-0.05, 0) is 50.2 Å². The number of ether oxygens (including phenoxy) is 1. The van der Waals surface area contributed by atoms with E-state index in [2.05, 4.69) is 10.3 Å². The molecule has 0 bridgehead atoms. The predicted octanol–water partition coefficient (Wildman–Crippen LogP) is 5.06. The van der Waals surface area contributed by atoms with Crippen LogP contribution in [-0.4, -0.2) is 22.7 Å². The van der Waals surface area contributed by atoms with Crippen LogP contribution in [0.1, 0.15) is 19.5 Å². The van der Waals surface area contributed by atoms with Crippen LogP contribution in [0.15, 0.2) is 52.5 Å². The van der Waals surface area contributed by atoms with Gasteiger partial charge in [0.15, 0.2) is 10.8 Å². The Morgan fingerprint density at radius 1 is 1.35 bits per heavy atom. The SMILES string of the molecule is CCOc1ccc(NC(=O)C(C)SCc2csc(-c3ccco3)n2)cc1. The summed E-state index contributed by atoms with van der Waals surface area (Å²) in [6, 6.07) is 11.1. The lowest BCUT2D eigenvalue weighted by Gasteiger charge is -2.12. The van der Waals surface area contributed by atoms with E-state index in [9.17, 15) is 4.79 Å². The molecule has 0 fully saturated rings. The van der Waals surface area contributed by atoms with E-state index in [-0.39, 0.29) is 11.2 Å². The van der Waals surface area contributed by atoms with Crippen molar-refractivity contribution in [2.45, 2.75) is 24.9 Å². The highest BCUT2D eigenvalue weighted by molar-refractivity contribution is 7.99. The van der Waals surface area contributed by atoms with Gasteiger partial charge in [-0.25, -0.2) is 4.98 Å². The summed E-state index contributed by atoms with van der Waals surface area (Å²) in [5.74, 6) is 2.21. The highest BCUT2D eigenvalue weighted by Gasteiger charge is 2.15. The molecular formula is C19H20N2O3S2. The van der Waals surface area contributed by atoms with Gasteiger partial charge in [0.05, 0.1) is 23.8 Å². The second kappa shape index (κ2) is 8.91. The first-order valence-electron chi connectivity index (χ1n) is 8.29. The van der Waals surface area contributed by atoms with Gasteiger partial charge in [-0.3, -0.25) is 4.79 Å². The van der Waals surface area contributed by atoms with E-state index in [1.807, 2.05) is 55.6 Å². The first-order chi connectivity index (χ1) is 12.7. The summed E-state index contributed by atoms with van der Waals surface area (Å²) >= 11 is 3.10. The van der Waals surface area contributed by atoms with Gasteiger partial charge >= 0.3 is 0 Å². The van der Waals surface area contributed by atoms with Crippen LogP contribution in [0, 0.1) is 0 Å². The van der Waals surface area contributed by atoms with E-state index in [0.29, 0.717) is 12.4 Å². The molecule has 1 N–H and O–H groups in total. The molecule has 2 heterocycles. The highest BCUT2D eigenvalue weighted by atomic mass is 32.2. The minimum Gasteiger partial charge on any atom is -0.494 e. The molecular weight excluding hydrogens is 368 g/mol. The van der Waals surface area contributed by atoms with Crippen molar-refractivity contribution in [1.82, 2.24) is 4.98 Å². The fourth-order valence-electron chi connectivity index (χ4n) is 2.22. The molecule has 5 nitrogen and oxygen atoms in total. The zero-order valence-corrected chi connectivity index (χ0v) is 16.2. The average Bonchev–Trinajstić information content (AvgIpc) is 3.33. The summed E-state index contributed by atoms with van der Waals surface area (Å²) < 4.78 is 10.8. The standard InChI is InChI=1S/C19H20N2O3S2/c1-3-23-16-8-6-14(7-9-16)20-18(22)13(2)25-11-15-12-26-19(21-15)17-5-4-10-24-17/h4-10,12-13H,3,11H2,1-2H3,(H,20,22). The fourth-order valence-corrected chi connectivity index (χ4v) is 3.89. The van der Waals surface area contributed by atoms with E-state index in [0.717, 1.165) is 27.9 Å². The Bertz CT molecular complexity index is 829. The second-order valence-electron chi connectivity index (χ2n) is 5.52. The minimum atomic E-state index is -0.185. The van der Waals surface area contributed by atoms with Crippen LogP contribution in [-0.2, 0) is 10.5 Å². The molecule has 0 saturated carbocycles. The molecule has 1 unspecified atom stereocenters. The number of aromatic nitrogens is 1. The normalized spacial score (nSPS) is 11.9.